The highest BCUT2D eigenvalue weighted by atomic mass is 16.5. The molecule has 4 aromatic rings. The fourth-order valence-electron chi connectivity index (χ4n) is 3.33. The number of aromatic hydroxyl groups is 1. The predicted octanol–water partition coefficient (Wildman–Crippen LogP) is 3.00. The number of pyridine rings is 1. The summed E-state index contributed by atoms with van der Waals surface area (Å²) in [5.41, 5.74) is 1.24. The van der Waals surface area contributed by atoms with Crippen LogP contribution in [-0.4, -0.2) is 40.0 Å². The molecule has 0 aliphatic carbocycles. The average molecular weight is 420 g/mol. The lowest BCUT2D eigenvalue weighted by molar-refractivity contribution is 0.102. The largest absolute Gasteiger partial charge is 0.506 e. The summed E-state index contributed by atoms with van der Waals surface area (Å²) in [7, 11) is 2.97. The van der Waals surface area contributed by atoms with E-state index in [1.54, 1.807) is 18.2 Å². The van der Waals surface area contributed by atoms with E-state index in [1.807, 2.05) is 31.2 Å². The van der Waals surface area contributed by atoms with E-state index in [0.717, 1.165) is 5.56 Å². The summed E-state index contributed by atoms with van der Waals surface area (Å²) in [5.74, 6) is -0.314. The molecule has 0 atom stereocenters. The minimum Gasteiger partial charge on any atom is -0.506 e. The van der Waals surface area contributed by atoms with Gasteiger partial charge in [-0.05, 0) is 36.8 Å². The summed E-state index contributed by atoms with van der Waals surface area (Å²) in [6.45, 7) is 1.94. The number of anilines is 1. The fraction of sp³-hybridized carbons (Fsp3) is 0.136. The van der Waals surface area contributed by atoms with Crippen LogP contribution in [0.3, 0.4) is 0 Å². The van der Waals surface area contributed by atoms with Gasteiger partial charge in [-0.25, -0.2) is 4.68 Å². The van der Waals surface area contributed by atoms with Gasteiger partial charge < -0.3 is 24.9 Å². The van der Waals surface area contributed by atoms with Crippen molar-refractivity contribution in [2.45, 2.75) is 6.92 Å². The lowest BCUT2D eigenvalue weighted by Gasteiger charge is -2.11. The van der Waals surface area contributed by atoms with Crippen molar-refractivity contribution in [2.24, 2.45) is 0 Å². The minimum atomic E-state index is -0.767. The highest BCUT2D eigenvalue weighted by molar-refractivity contribution is 6.08. The number of carbonyl (C=O) groups excluding carboxylic acids is 1. The van der Waals surface area contributed by atoms with Gasteiger partial charge in [-0.15, -0.1) is 0 Å². The van der Waals surface area contributed by atoms with Crippen molar-refractivity contribution in [3.63, 3.8) is 0 Å². The average Bonchev–Trinajstić information content (AvgIpc) is 3.17. The summed E-state index contributed by atoms with van der Waals surface area (Å²) in [5, 5.41) is 17.8. The van der Waals surface area contributed by atoms with Crippen LogP contribution in [-0.2, 0) is 0 Å². The number of hydrogen-bond acceptors (Lipinski definition) is 6. The molecule has 0 radical (unpaired) electrons. The highest BCUT2D eigenvalue weighted by Crippen LogP contribution is 2.31. The maximum atomic E-state index is 12.8. The molecule has 9 heteroatoms. The molecule has 0 unspecified atom stereocenters. The molecule has 3 N–H and O–H groups in total. The van der Waals surface area contributed by atoms with Crippen LogP contribution >= 0.6 is 0 Å². The first kappa shape index (κ1) is 20.0. The van der Waals surface area contributed by atoms with E-state index in [9.17, 15) is 14.7 Å². The predicted molar refractivity (Wildman–Crippen MR) is 116 cm³/mol. The first-order valence-electron chi connectivity index (χ1n) is 9.36. The smallest absolute Gasteiger partial charge is 0.266 e. The Morgan fingerprint density at radius 3 is 2.61 bits per heavy atom. The van der Waals surface area contributed by atoms with Gasteiger partial charge in [0.25, 0.3) is 11.5 Å². The molecule has 0 spiro atoms. The third-order valence-electron chi connectivity index (χ3n) is 4.83. The van der Waals surface area contributed by atoms with Gasteiger partial charge in [0.05, 0.1) is 31.5 Å². The zero-order valence-electron chi connectivity index (χ0n) is 17.1. The number of benzene rings is 2. The molecule has 0 aliphatic rings. The number of nitrogens with zero attached hydrogens (tertiary/aromatic N) is 2. The fourth-order valence-corrected chi connectivity index (χ4v) is 3.33. The first-order valence-corrected chi connectivity index (χ1v) is 9.36. The van der Waals surface area contributed by atoms with Crippen LogP contribution in [0.5, 0.6) is 17.2 Å². The van der Waals surface area contributed by atoms with Gasteiger partial charge in [0, 0.05) is 11.8 Å². The third kappa shape index (κ3) is 3.57. The zero-order chi connectivity index (χ0) is 22.1. The van der Waals surface area contributed by atoms with E-state index >= 15 is 0 Å². The molecule has 1 amide bonds. The number of H-pyrrole nitrogens is 1. The van der Waals surface area contributed by atoms with Crippen LogP contribution in [0.2, 0.25) is 0 Å². The molecule has 2 aromatic carbocycles. The van der Waals surface area contributed by atoms with E-state index in [4.69, 9.17) is 9.47 Å². The summed E-state index contributed by atoms with van der Waals surface area (Å²) in [6, 6.07) is 12.3. The van der Waals surface area contributed by atoms with Crippen LogP contribution in [0.1, 0.15) is 15.9 Å². The van der Waals surface area contributed by atoms with Crippen molar-refractivity contribution in [3.8, 4) is 22.9 Å². The lowest BCUT2D eigenvalue weighted by atomic mass is 10.1. The Kier molecular flexibility index (Phi) is 5.08. The lowest BCUT2D eigenvalue weighted by Crippen LogP contribution is -2.23. The van der Waals surface area contributed by atoms with E-state index < -0.39 is 22.8 Å². The molecule has 0 fully saturated rings. The maximum absolute atomic E-state index is 12.8. The number of fused-ring (bicyclic) bond motifs is 1. The van der Waals surface area contributed by atoms with E-state index in [0.29, 0.717) is 22.9 Å². The van der Waals surface area contributed by atoms with Gasteiger partial charge >= 0.3 is 0 Å². The Hall–Kier alpha value is -4.27. The summed E-state index contributed by atoms with van der Waals surface area (Å²) < 4.78 is 11.9. The van der Waals surface area contributed by atoms with Crippen molar-refractivity contribution in [1.29, 1.82) is 0 Å². The number of aryl methyl sites for hydroxylation is 1. The molecular weight excluding hydrogens is 400 g/mol. The Morgan fingerprint density at radius 2 is 1.90 bits per heavy atom. The van der Waals surface area contributed by atoms with Crippen molar-refractivity contribution in [2.75, 3.05) is 19.5 Å². The Bertz CT molecular complexity index is 1360. The SMILES string of the molecule is COc1ccc(NC(=O)c2c(O)c3cnn(-c4cccc(C)c4)c3[nH]c2=O)cc1OC. The van der Waals surface area contributed by atoms with Gasteiger partial charge in [0.1, 0.15) is 17.0 Å². The summed E-state index contributed by atoms with van der Waals surface area (Å²) in [4.78, 5) is 28.1. The highest BCUT2D eigenvalue weighted by Gasteiger charge is 2.22. The van der Waals surface area contributed by atoms with Crippen LogP contribution in [0.15, 0.2) is 53.5 Å². The number of rotatable bonds is 5. The molecule has 0 bridgehead atoms. The number of methoxy groups -OCH3 is 2. The van der Waals surface area contributed by atoms with Gasteiger partial charge in [0.2, 0.25) is 0 Å². The topological polar surface area (TPSA) is 118 Å². The standard InChI is InChI=1S/C22H20N4O5/c1-12-5-4-6-14(9-12)26-20-15(11-23-26)19(27)18(22(29)25-20)21(28)24-13-7-8-16(30-2)17(10-13)31-3/h4-11H,1-3H3,(H,24,28)(H2,25,27,29). The van der Waals surface area contributed by atoms with Gasteiger partial charge in [-0.2, -0.15) is 5.10 Å². The zero-order valence-corrected chi connectivity index (χ0v) is 17.1. The van der Waals surface area contributed by atoms with Crippen molar-refractivity contribution in [3.05, 3.63) is 70.1 Å². The van der Waals surface area contributed by atoms with E-state index in [-0.39, 0.29) is 11.0 Å². The molecular formula is C22H20N4O5. The molecule has 0 saturated carbocycles. The van der Waals surface area contributed by atoms with Crippen molar-refractivity contribution >= 4 is 22.6 Å². The molecule has 0 saturated heterocycles. The van der Waals surface area contributed by atoms with Gasteiger partial charge in [-0.1, -0.05) is 12.1 Å². The Morgan fingerprint density at radius 1 is 1.13 bits per heavy atom. The van der Waals surface area contributed by atoms with Crippen LogP contribution in [0.25, 0.3) is 16.7 Å². The summed E-state index contributed by atoms with van der Waals surface area (Å²) >= 11 is 0. The molecule has 4 rings (SSSR count). The Labute approximate surface area is 176 Å². The molecule has 31 heavy (non-hydrogen) atoms. The van der Waals surface area contributed by atoms with Crippen molar-refractivity contribution in [1.82, 2.24) is 14.8 Å². The third-order valence-corrected chi connectivity index (χ3v) is 4.83. The molecule has 9 nitrogen and oxygen atoms in total. The maximum Gasteiger partial charge on any atom is 0.266 e. The van der Waals surface area contributed by atoms with E-state index in [1.165, 1.54) is 25.1 Å². The van der Waals surface area contributed by atoms with Gasteiger partial charge in [0.15, 0.2) is 11.5 Å². The number of ether oxygens (including phenoxy) is 2. The Balaban J connectivity index is 1.73. The van der Waals surface area contributed by atoms with Gasteiger partial charge in [-0.3, -0.25) is 9.59 Å². The molecule has 2 heterocycles. The number of aromatic nitrogens is 3. The van der Waals surface area contributed by atoms with Crippen LogP contribution < -0.4 is 20.3 Å². The number of aromatic amines is 1. The van der Waals surface area contributed by atoms with Crippen molar-refractivity contribution < 1.29 is 19.4 Å². The molecule has 2 aromatic heterocycles. The van der Waals surface area contributed by atoms with Crippen LogP contribution in [0.4, 0.5) is 5.69 Å². The first-order chi connectivity index (χ1) is 14.9. The molecule has 158 valence electrons. The van der Waals surface area contributed by atoms with E-state index in [2.05, 4.69) is 15.4 Å². The number of amides is 1. The quantitative estimate of drug-likeness (QED) is 0.457. The second-order valence-electron chi connectivity index (χ2n) is 6.86. The summed E-state index contributed by atoms with van der Waals surface area (Å²) in [6.07, 6.45) is 1.40. The minimum absolute atomic E-state index is 0.249. The normalized spacial score (nSPS) is 10.8. The second-order valence-corrected chi connectivity index (χ2v) is 6.86. The van der Waals surface area contributed by atoms with Crippen LogP contribution in [0, 0.1) is 6.92 Å². The number of hydrogen-bond donors (Lipinski definition) is 3. The number of nitrogens with one attached hydrogen (secondary N) is 2. The number of carbonyl (C=O) groups is 1. The molecule has 0 aliphatic heterocycles. The monoisotopic (exact) mass is 420 g/mol. The second kappa shape index (κ2) is 7.86.